The van der Waals surface area contributed by atoms with Crippen LogP contribution in [0.4, 0.5) is 5.69 Å². The summed E-state index contributed by atoms with van der Waals surface area (Å²) in [5.41, 5.74) is 8.08. The van der Waals surface area contributed by atoms with Gasteiger partial charge in [0.05, 0.1) is 17.3 Å². The lowest BCUT2D eigenvalue weighted by Gasteiger charge is -2.15. The number of ether oxygens (including phenoxy) is 1. The van der Waals surface area contributed by atoms with Gasteiger partial charge in [-0.25, -0.2) is 4.79 Å². The molecular weight excluding hydrogens is 268 g/mol. The van der Waals surface area contributed by atoms with Crippen LogP contribution in [0.3, 0.4) is 0 Å². The van der Waals surface area contributed by atoms with Crippen LogP contribution in [0.1, 0.15) is 27.0 Å². The second-order valence-electron chi connectivity index (χ2n) is 4.68. The number of aromatic carboxylic acids is 1. The minimum Gasteiger partial charge on any atom is -0.478 e. The summed E-state index contributed by atoms with van der Waals surface area (Å²) in [5.74, 6) is -0.489. The molecule has 0 bridgehead atoms. The largest absolute Gasteiger partial charge is 0.478 e. The van der Waals surface area contributed by atoms with Crippen molar-refractivity contribution < 1.29 is 14.6 Å². The fraction of sp³-hybridized carbons (Fsp3) is 0.125. The van der Waals surface area contributed by atoms with Crippen LogP contribution in [-0.4, -0.2) is 11.1 Å². The number of nitrogens with two attached hydrogens (primary N) is 1. The van der Waals surface area contributed by atoms with Crippen LogP contribution in [0.2, 0.25) is 0 Å². The van der Waals surface area contributed by atoms with Crippen molar-refractivity contribution in [3.8, 4) is 17.6 Å². The van der Waals surface area contributed by atoms with Crippen LogP contribution in [0.15, 0.2) is 30.3 Å². The van der Waals surface area contributed by atoms with Crippen molar-refractivity contribution in [2.45, 2.75) is 13.8 Å². The van der Waals surface area contributed by atoms with Gasteiger partial charge in [0, 0.05) is 0 Å². The summed E-state index contributed by atoms with van der Waals surface area (Å²) in [6.07, 6.45) is 0. The fourth-order valence-corrected chi connectivity index (χ4v) is 2.12. The third-order valence-electron chi connectivity index (χ3n) is 3.07. The molecule has 3 N–H and O–H groups in total. The molecule has 0 atom stereocenters. The van der Waals surface area contributed by atoms with Gasteiger partial charge in [-0.15, -0.1) is 0 Å². The Labute approximate surface area is 122 Å². The molecule has 2 aromatic carbocycles. The molecule has 5 heteroatoms. The van der Waals surface area contributed by atoms with Gasteiger partial charge in [-0.1, -0.05) is 6.07 Å². The lowest BCUT2D eigenvalue weighted by molar-refractivity contribution is 0.0694. The van der Waals surface area contributed by atoms with E-state index < -0.39 is 5.97 Å². The number of aryl methyl sites for hydroxylation is 2. The number of carbonyl (C=O) groups is 1. The van der Waals surface area contributed by atoms with Crippen LogP contribution < -0.4 is 10.5 Å². The summed E-state index contributed by atoms with van der Waals surface area (Å²) in [5, 5.41) is 18.1. The Balaban J connectivity index is 2.54. The number of carboxylic acid groups (broad SMARTS) is 1. The number of nitrogen functional groups attached to an aromatic ring is 1. The van der Waals surface area contributed by atoms with Crippen molar-refractivity contribution in [1.29, 1.82) is 5.26 Å². The number of hydrogen-bond acceptors (Lipinski definition) is 4. The highest BCUT2D eigenvalue weighted by molar-refractivity contribution is 5.93. The van der Waals surface area contributed by atoms with Crippen LogP contribution in [0.25, 0.3) is 0 Å². The first-order valence-corrected chi connectivity index (χ1v) is 6.25. The van der Waals surface area contributed by atoms with E-state index in [1.54, 1.807) is 38.1 Å². The molecule has 0 unspecified atom stereocenters. The van der Waals surface area contributed by atoms with Gasteiger partial charge in [-0.05, 0) is 49.2 Å². The van der Waals surface area contributed by atoms with Gasteiger partial charge in [0.1, 0.15) is 11.3 Å². The number of para-hydroxylation sites is 1. The second kappa shape index (κ2) is 5.55. The SMILES string of the molecule is Cc1cc(C#N)cc(C)c1Oc1c(N)cccc1C(=O)O. The summed E-state index contributed by atoms with van der Waals surface area (Å²) >= 11 is 0. The molecule has 21 heavy (non-hydrogen) atoms. The summed E-state index contributed by atoms with van der Waals surface area (Å²) < 4.78 is 5.75. The minimum atomic E-state index is -1.11. The molecule has 0 aromatic heterocycles. The van der Waals surface area contributed by atoms with Gasteiger partial charge in [0.25, 0.3) is 0 Å². The van der Waals surface area contributed by atoms with Gasteiger partial charge in [-0.3, -0.25) is 0 Å². The molecule has 0 radical (unpaired) electrons. The Bertz CT molecular complexity index is 738. The van der Waals surface area contributed by atoms with Gasteiger partial charge in [0.2, 0.25) is 0 Å². The van der Waals surface area contributed by atoms with Gasteiger partial charge < -0.3 is 15.6 Å². The Morgan fingerprint density at radius 2 is 1.86 bits per heavy atom. The average molecular weight is 282 g/mol. The van der Waals surface area contributed by atoms with Crippen molar-refractivity contribution in [3.05, 3.63) is 52.6 Å². The molecule has 0 fully saturated rings. The maximum absolute atomic E-state index is 11.3. The third kappa shape index (κ3) is 2.79. The van der Waals surface area contributed by atoms with E-state index in [9.17, 15) is 9.90 Å². The van der Waals surface area contributed by atoms with Crippen LogP contribution >= 0.6 is 0 Å². The van der Waals surface area contributed by atoms with E-state index in [0.717, 1.165) is 11.1 Å². The molecule has 0 aliphatic heterocycles. The molecule has 0 heterocycles. The normalized spacial score (nSPS) is 9.95. The average Bonchev–Trinajstić information content (AvgIpc) is 2.43. The Morgan fingerprint density at radius 3 is 2.38 bits per heavy atom. The highest BCUT2D eigenvalue weighted by Crippen LogP contribution is 2.35. The summed E-state index contributed by atoms with van der Waals surface area (Å²) in [4.78, 5) is 11.3. The van der Waals surface area contributed by atoms with E-state index in [1.165, 1.54) is 6.07 Å². The second-order valence-corrected chi connectivity index (χ2v) is 4.68. The predicted octanol–water partition coefficient (Wildman–Crippen LogP) is 3.25. The molecule has 0 saturated carbocycles. The minimum absolute atomic E-state index is 0.00170. The molecule has 0 aliphatic carbocycles. The number of benzene rings is 2. The van der Waals surface area contributed by atoms with E-state index >= 15 is 0 Å². The number of anilines is 1. The van der Waals surface area contributed by atoms with E-state index in [-0.39, 0.29) is 17.0 Å². The number of nitriles is 1. The molecule has 0 spiro atoms. The zero-order valence-electron chi connectivity index (χ0n) is 11.7. The lowest BCUT2D eigenvalue weighted by atomic mass is 10.1. The summed E-state index contributed by atoms with van der Waals surface area (Å²) in [7, 11) is 0. The summed E-state index contributed by atoms with van der Waals surface area (Å²) in [6, 6.07) is 10.0. The number of rotatable bonds is 3. The highest BCUT2D eigenvalue weighted by Gasteiger charge is 2.17. The maximum atomic E-state index is 11.3. The molecule has 0 saturated heterocycles. The van der Waals surface area contributed by atoms with E-state index in [4.69, 9.17) is 15.7 Å². The van der Waals surface area contributed by atoms with Crippen molar-refractivity contribution in [2.24, 2.45) is 0 Å². The molecule has 106 valence electrons. The number of hydrogen-bond donors (Lipinski definition) is 2. The zero-order chi connectivity index (χ0) is 15.6. The standard InChI is InChI=1S/C16H14N2O3/c1-9-6-11(8-17)7-10(2)14(9)21-15-12(16(19)20)4-3-5-13(15)18/h3-7H,18H2,1-2H3,(H,19,20). The van der Waals surface area contributed by atoms with Crippen LogP contribution in [0.5, 0.6) is 11.5 Å². The molecule has 2 rings (SSSR count). The first-order valence-electron chi connectivity index (χ1n) is 6.25. The van der Waals surface area contributed by atoms with E-state index in [2.05, 4.69) is 6.07 Å². The van der Waals surface area contributed by atoms with E-state index in [0.29, 0.717) is 11.3 Å². The van der Waals surface area contributed by atoms with Crippen LogP contribution in [-0.2, 0) is 0 Å². The van der Waals surface area contributed by atoms with Crippen molar-refractivity contribution in [1.82, 2.24) is 0 Å². The fourth-order valence-electron chi connectivity index (χ4n) is 2.12. The smallest absolute Gasteiger partial charge is 0.339 e. The van der Waals surface area contributed by atoms with Crippen molar-refractivity contribution >= 4 is 11.7 Å². The first-order chi connectivity index (χ1) is 9.93. The number of carboxylic acids is 1. The number of nitrogens with zero attached hydrogens (tertiary/aromatic N) is 1. The quantitative estimate of drug-likeness (QED) is 0.842. The maximum Gasteiger partial charge on any atom is 0.339 e. The molecule has 5 nitrogen and oxygen atoms in total. The van der Waals surface area contributed by atoms with Gasteiger partial charge in [-0.2, -0.15) is 5.26 Å². The molecule has 2 aromatic rings. The predicted molar refractivity (Wildman–Crippen MR) is 78.5 cm³/mol. The monoisotopic (exact) mass is 282 g/mol. The molecular formula is C16H14N2O3. The van der Waals surface area contributed by atoms with Gasteiger partial charge >= 0.3 is 5.97 Å². The zero-order valence-corrected chi connectivity index (χ0v) is 11.7. The van der Waals surface area contributed by atoms with E-state index in [1.807, 2.05) is 0 Å². The third-order valence-corrected chi connectivity index (χ3v) is 3.07. The van der Waals surface area contributed by atoms with Crippen molar-refractivity contribution in [2.75, 3.05) is 5.73 Å². The molecule has 0 aliphatic rings. The van der Waals surface area contributed by atoms with Crippen molar-refractivity contribution in [3.63, 3.8) is 0 Å². The topological polar surface area (TPSA) is 96.3 Å². The summed E-state index contributed by atoms with van der Waals surface area (Å²) in [6.45, 7) is 3.59. The van der Waals surface area contributed by atoms with Crippen LogP contribution in [0, 0.1) is 25.2 Å². The Hall–Kier alpha value is -3.00. The molecule has 0 amide bonds. The highest BCUT2D eigenvalue weighted by atomic mass is 16.5. The first kappa shape index (κ1) is 14.4. The Morgan fingerprint density at radius 1 is 1.24 bits per heavy atom. The lowest BCUT2D eigenvalue weighted by Crippen LogP contribution is -2.04. The Kier molecular flexibility index (Phi) is 3.81. The van der Waals surface area contributed by atoms with Gasteiger partial charge in [0.15, 0.2) is 5.75 Å².